The molecule has 2 unspecified atom stereocenters. The Morgan fingerprint density at radius 3 is 2.95 bits per heavy atom. The number of hydrogen-bond acceptors (Lipinski definition) is 3. The normalized spacial score (nSPS) is 21.6. The fourth-order valence-electron chi connectivity index (χ4n) is 2.73. The first kappa shape index (κ1) is 15.0. The van der Waals surface area contributed by atoms with E-state index in [1.807, 2.05) is 11.6 Å². The Labute approximate surface area is 123 Å². The van der Waals surface area contributed by atoms with E-state index in [1.165, 1.54) is 18.5 Å². The van der Waals surface area contributed by atoms with Crippen LogP contribution in [0.1, 0.15) is 44.0 Å². The van der Waals surface area contributed by atoms with E-state index in [1.54, 1.807) is 0 Å². The van der Waals surface area contributed by atoms with Gasteiger partial charge in [0.05, 0.1) is 22.0 Å². The zero-order valence-corrected chi connectivity index (χ0v) is 13.4. The fourth-order valence-corrected chi connectivity index (χ4v) is 3.17. The highest BCUT2D eigenvalue weighted by atomic mass is 79.9. The Morgan fingerprint density at radius 2 is 2.32 bits per heavy atom. The van der Waals surface area contributed by atoms with Gasteiger partial charge in [-0.2, -0.15) is 5.10 Å². The summed E-state index contributed by atoms with van der Waals surface area (Å²) in [5.41, 5.74) is 8.55. The molecule has 0 saturated carbocycles. The third-order valence-corrected chi connectivity index (χ3v) is 4.78. The summed E-state index contributed by atoms with van der Waals surface area (Å²) in [6, 6.07) is 0.140. The monoisotopic (exact) mass is 329 g/mol. The van der Waals surface area contributed by atoms with Crippen molar-refractivity contribution >= 4 is 15.9 Å². The van der Waals surface area contributed by atoms with Gasteiger partial charge in [-0.1, -0.05) is 0 Å². The standard InChI is InChI=1S/C14H24BrN3O/c1-3-18-13(14(15)10(2)17-18)9-11(16)8-12-6-4-5-7-19-12/h11-12H,3-9,16H2,1-2H3. The second-order valence-electron chi connectivity index (χ2n) is 5.35. The molecule has 2 atom stereocenters. The maximum absolute atomic E-state index is 6.30. The zero-order valence-electron chi connectivity index (χ0n) is 11.9. The quantitative estimate of drug-likeness (QED) is 0.903. The van der Waals surface area contributed by atoms with Crippen molar-refractivity contribution in [3.8, 4) is 0 Å². The van der Waals surface area contributed by atoms with Crippen molar-refractivity contribution in [2.75, 3.05) is 6.61 Å². The molecule has 2 heterocycles. The first-order valence-corrected chi connectivity index (χ1v) is 8.00. The van der Waals surface area contributed by atoms with E-state index in [2.05, 4.69) is 28.0 Å². The van der Waals surface area contributed by atoms with Gasteiger partial charge < -0.3 is 10.5 Å². The summed E-state index contributed by atoms with van der Waals surface area (Å²) in [6.07, 6.45) is 5.77. The van der Waals surface area contributed by atoms with Crippen LogP contribution in [-0.2, 0) is 17.7 Å². The van der Waals surface area contributed by atoms with Gasteiger partial charge in [0.2, 0.25) is 0 Å². The van der Waals surface area contributed by atoms with Crippen molar-refractivity contribution in [3.05, 3.63) is 15.9 Å². The molecule has 0 amide bonds. The summed E-state index contributed by atoms with van der Waals surface area (Å²) in [4.78, 5) is 0. The molecule has 1 saturated heterocycles. The van der Waals surface area contributed by atoms with Crippen molar-refractivity contribution in [3.63, 3.8) is 0 Å². The number of aryl methyl sites for hydroxylation is 2. The molecule has 0 spiro atoms. The van der Waals surface area contributed by atoms with E-state index in [0.29, 0.717) is 6.10 Å². The van der Waals surface area contributed by atoms with Gasteiger partial charge in [0.15, 0.2) is 0 Å². The van der Waals surface area contributed by atoms with Crippen molar-refractivity contribution < 1.29 is 4.74 Å². The molecular formula is C14H24BrN3O. The van der Waals surface area contributed by atoms with Crippen molar-refractivity contribution in [1.29, 1.82) is 0 Å². The van der Waals surface area contributed by atoms with Crippen LogP contribution in [0.25, 0.3) is 0 Å². The molecular weight excluding hydrogens is 306 g/mol. The lowest BCUT2D eigenvalue weighted by atomic mass is 9.99. The number of rotatable bonds is 5. The van der Waals surface area contributed by atoms with Crippen LogP contribution >= 0.6 is 15.9 Å². The van der Waals surface area contributed by atoms with Gasteiger partial charge in [-0.3, -0.25) is 4.68 Å². The largest absolute Gasteiger partial charge is 0.378 e. The van der Waals surface area contributed by atoms with Crippen LogP contribution in [0, 0.1) is 6.92 Å². The number of ether oxygens (including phenoxy) is 1. The Kier molecular flexibility index (Phi) is 5.42. The van der Waals surface area contributed by atoms with Crippen molar-refractivity contribution in [2.45, 2.75) is 64.6 Å². The maximum atomic E-state index is 6.30. The van der Waals surface area contributed by atoms with Crippen LogP contribution in [0.2, 0.25) is 0 Å². The number of hydrogen-bond donors (Lipinski definition) is 1. The SMILES string of the molecule is CCn1nc(C)c(Br)c1CC(N)CC1CCCCO1. The average Bonchev–Trinajstić information content (AvgIpc) is 2.67. The Hall–Kier alpha value is -0.390. The maximum Gasteiger partial charge on any atom is 0.0738 e. The average molecular weight is 330 g/mol. The molecule has 1 aromatic heterocycles. The van der Waals surface area contributed by atoms with Crippen molar-refractivity contribution in [1.82, 2.24) is 9.78 Å². The smallest absolute Gasteiger partial charge is 0.0738 e. The molecule has 1 aromatic rings. The highest BCUT2D eigenvalue weighted by Gasteiger charge is 2.20. The van der Waals surface area contributed by atoms with Gasteiger partial charge in [0.1, 0.15) is 0 Å². The summed E-state index contributed by atoms with van der Waals surface area (Å²) in [5.74, 6) is 0. The molecule has 108 valence electrons. The number of nitrogens with zero attached hydrogens (tertiary/aromatic N) is 2. The van der Waals surface area contributed by atoms with Gasteiger partial charge >= 0.3 is 0 Å². The number of halogens is 1. The second-order valence-corrected chi connectivity index (χ2v) is 6.14. The molecule has 0 bridgehead atoms. The lowest BCUT2D eigenvalue weighted by Gasteiger charge is -2.25. The molecule has 2 rings (SSSR count). The minimum Gasteiger partial charge on any atom is -0.378 e. The van der Waals surface area contributed by atoms with E-state index in [0.717, 1.165) is 42.6 Å². The molecule has 5 heteroatoms. The first-order valence-electron chi connectivity index (χ1n) is 7.20. The third kappa shape index (κ3) is 3.80. The molecule has 1 aliphatic heterocycles. The second kappa shape index (κ2) is 6.86. The van der Waals surface area contributed by atoms with Crippen LogP contribution in [-0.4, -0.2) is 28.5 Å². The predicted octanol–water partition coefficient (Wildman–Crippen LogP) is 2.80. The zero-order chi connectivity index (χ0) is 13.8. The predicted molar refractivity (Wildman–Crippen MR) is 80.2 cm³/mol. The van der Waals surface area contributed by atoms with E-state index < -0.39 is 0 Å². The summed E-state index contributed by atoms with van der Waals surface area (Å²) < 4.78 is 8.91. The van der Waals surface area contributed by atoms with Crippen LogP contribution in [0.15, 0.2) is 4.47 Å². The van der Waals surface area contributed by atoms with E-state index in [4.69, 9.17) is 10.5 Å². The van der Waals surface area contributed by atoms with E-state index in [-0.39, 0.29) is 6.04 Å². The van der Waals surface area contributed by atoms with E-state index >= 15 is 0 Å². The van der Waals surface area contributed by atoms with Gasteiger partial charge in [-0.05, 0) is 55.5 Å². The molecule has 0 aliphatic carbocycles. The molecule has 19 heavy (non-hydrogen) atoms. The van der Waals surface area contributed by atoms with E-state index in [9.17, 15) is 0 Å². The molecule has 2 N–H and O–H groups in total. The topological polar surface area (TPSA) is 53.1 Å². The molecule has 1 fully saturated rings. The molecule has 1 aliphatic rings. The first-order chi connectivity index (χ1) is 9.11. The minimum atomic E-state index is 0.140. The summed E-state index contributed by atoms with van der Waals surface area (Å²) in [6.45, 7) is 5.91. The Balaban J connectivity index is 1.96. The highest BCUT2D eigenvalue weighted by molar-refractivity contribution is 9.10. The molecule has 0 aromatic carbocycles. The van der Waals surface area contributed by atoms with Gasteiger partial charge in [-0.25, -0.2) is 0 Å². The van der Waals surface area contributed by atoms with Crippen LogP contribution in [0.4, 0.5) is 0 Å². The Bertz CT molecular complexity index is 413. The Morgan fingerprint density at radius 1 is 1.53 bits per heavy atom. The molecule has 0 radical (unpaired) electrons. The van der Waals surface area contributed by atoms with Crippen LogP contribution in [0.5, 0.6) is 0 Å². The summed E-state index contributed by atoms with van der Waals surface area (Å²) >= 11 is 3.63. The lowest BCUT2D eigenvalue weighted by Crippen LogP contribution is -2.32. The van der Waals surface area contributed by atoms with Gasteiger partial charge in [0, 0.05) is 25.6 Å². The number of aromatic nitrogens is 2. The lowest BCUT2D eigenvalue weighted by molar-refractivity contribution is 0.00737. The fraction of sp³-hybridized carbons (Fsp3) is 0.786. The highest BCUT2D eigenvalue weighted by Crippen LogP contribution is 2.24. The summed E-state index contributed by atoms with van der Waals surface area (Å²) in [5, 5.41) is 4.51. The molecule has 4 nitrogen and oxygen atoms in total. The summed E-state index contributed by atoms with van der Waals surface area (Å²) in [7, 11) is 0. The minimum absolute atomic E-state index is 0.140. The van der Waals surface area contributed by atoms with Crippen molar-refractivity contribution in [2.24, 2.45) is 5.73 Å². The van der Waals surface area contributed by atoms with Gasteiger partial charge in [-0.15, -0.1) is 0 Å². The van der Waals surface area contributed by atoms with Gasteiger partial charge in [0.25, 0.3) is 0 Å². The van der Waals surface area contributed by atoms with Crippen LogP contribution in [0.3, 0.4) is 0 Å². The van der Waals surface area contributed by atoms with Crippen LogP contribution < -0.4 is 5.73 Å². The number of nitrogens with two attached hydrogens (primary N) is 1. The third-order valence-electron chi connectivity index (χ3n) is 3.75.